The van der Waals surface area contributed by atoms with Crippen LogP contribution < -0.4 is 10.6 Å². The zero-order chi connectivity index (χ0) is 14.3. The average Bonchev–Trinajstić information content (AvgIpc) is 3.00. The highest BCUT2D eigenvalue weighted by Gasteiger charge is 2.24. The molecular weight excluding hydrogens is 252 g/mol. The molecule has 0 atom stereocenters. The molecular formula is C15H18N4O. The number of benzene rings is 1. The molecule has 2 heterocycles. The Morgan fingerprint density at radius 2 is 2.15 bits per heavy atom. The first-order chi connectivity index (χ1) is 9.63. The summed E-state index contributed by atoms with van der Waals surface area (Å²) < 4.78 is 1.92. The fourth-order valence-electron chi connectivity index (χ4n) is 2.66. The molecule has 1 aliphatic rings. The van der Waals surface area contributed by atoms with Gasteiger partial charge in [-0.3, -0.25) is 9.48 Å². The third-order valence-corrected chi connectivity index (χ3v) is 3.82. The van der Waals surface area contributed by atoms with Gasteiger partial charge in [-0.2, -0.15) is 5.10 Å². The number of fused-ring (bicyclic) bond motifs is 1. The van der Waals surface area contributed by atoms with E-state index in [2.05, 4.69) is 11.2 Å². The third kappa shape index (κ3) is 1.91. The van der Waals surface area contributed by atoms with Crippen LogP contribution in [-0.4, -0.2) is 22.7 Å². The maximum absolute atomic E-state index is 11.7. The van der Waals surface area contributed by atoms with Crippen LogP contribution in [0.2, 0.25) is 0 Å². The summed E-state index contributed by atoms with van der Waals surface area (Å²) in [6.45, 7) is 3.33. The maximum atomic E-state index is 11.7. The molecule has 3 rings (SSSR count). The maximum Gasteiger partial charge on any atom is 0.231 e. The van der Waals surface area contributed by atoms with E-state index in [1.165, 1.54) is 0 Å². The van der Waals surface area contributed by atoms with Gasteiger partial charge in [0, 0.05) is 31.4 Å². The van der Waals surface area contributed by atoms with E-state index in [4.69, 9.17) is 5.73 Å². The Morgan fingerprint density at radius 1 is 1.35 bits per heavy atom. The van der Waals surface area contributed by atoms with E-state index in [0.29, 0.717) is 13.0 Å². The van der Waals surface area contributed by atoms with Crippen LogP contribution in [0.1, 0.15) is 18.2 Å². The van der Waals surface area contributed by atoms with Crippen molar-refractivity contribution < 1.29 is 4.79 Å². The first kappa shape index (κ1) is 12.9. The Labute approximate surface area is 118 Å². The van der Waals surface area contributed by atoms with Gasteiger partial charge in [0.05, 0.1) is 17.8 Å². The van der Waals surface area contributed by atoms with Crippen molar-refractivity contribution in [2.24, 2.45) is 5.73 Å². The number of aromatic nitrogens is 2. The smallest absolute Gasteiger partial charge is 0.231 e. The van der Waals surface area contributed by atoms with Gasteiger partial charge >= 0.3 is 0 Å². The molecule has 0 fully saturated rings. The molecule has 0 bridgehead atoms. The standard InChI is InChI=1S/C15H18N4O/c1-3-19-12(9-16)8-13(17-19)10-4-5-14-11(6-10)7-15(20)18(14)2/h4-6,8H,3,7,9,16H2,1-2H3. The van der Waals surface area contributed by atoms with Crippen LogP contribution >= 0.6 is 0 Å². The Balaban J connectivity index is 2.02. The predicted molar refractivity (Wildman–Crippen MR) is 78.3 cm³/mol. The van der Waals surface area contributed by atoms with Gasteiger partial charge in [0.2, 0.25) is 5.91 Å². The van der Waals surface area contributed by atoms with Gasteiger partial charge in [-0.1, -0.05) is 6.07 Å². The van der Waals surface area contributed by atoms with Gasteiger partial charge in [-0.15, -0.1) is 0 Å². The van der Waals surface area contributed by atoms with Gasteiger partial charge in [-0.05, 0) is 30.7 Å². The Morgan fingerprint density at radius 3 is 2.80 bits per heavy atom. The number of rotatable bonds is 3. The summed E-state index contributed by atoms with van der Waals surface area (Å²) in [5, 5.41) is 4.57. The lowest BCUT2D eigenvalue weighted by molar-refractivity contribution is -0.117. The van der Waals surface area contributed by atoms with Crippen LogP contribution in [0, 0.1) is 0 Å². The number of amides is 1. The molecule has 5 heteroatoms. The largest absolute Gasteiger partial charge is 0.325 e. The number of nitrogens with two attached hydrogens (primary N) is 1. The number of carbonyl (C=O) groups excluding carboxylic acids is 1. The highest BCUT2D eigenvalue weighted by Crippen LogP contribution is 2.31. The summed E-state index contributed by atoms with van der Waals surface area (Å²) >= 11 is 0. The minimum absolute atomic E-state index is 0.138. The fraction of sp³-hybridized carbons (Fsp3) is 0.333. The average molecular weight is 270 g/mol. The zero-order valence-electron chi connectivity index (χ0n) is 11.8. The van der Waals surface area contributed by atoms with E-state index in [1.807, 2.05) is 36.9 Å². The molecule has 1 aliphatic heterocycles. The monoisotopic (exact) mass is 270 g/mol. The van der Waals surface area contributed by atoms with Gasteiger partial charge in [0.25, 0.3) is 0 Å². The summed E-state index contributed by atoms with van der Waals surface area (Å²) in [5.74, 6) is 0.138. The molecule has 1 aromatic carbocycles. The molecule has 2 N–H and O–H groups in total. The van der Waals surface area contributed by atoms with E-state index in [9.17, 15) is 4.79 Å². The number of hydrogen-bond donors (Lipinski definition) is 1. The molecule has 0 saturated carbocycles. The van der Waals surface area contributed by atoms with Gasteiger partial charge in [-0.25, -0.2) is 0 Å². The molecule has 0 saturated heterocycles. The van der Waals surface area contributed by atoms with Gasteiger partial charge < -0.3 is 10.6 Å². The summed E-state index contributed by atoms with van der Waals surface area (Å²) in [5.41, 5.74) is 10.8. The molecule has 1 aromatic heterocycles. The van der Waals surface area contributed by atoms with E-state index in [0.717, 1.165) is 34.7 Å². The number of likely N-dealkylation sites (N-methyl/N-ethyl adjacent to an activating group) is 1. The highest BCUT2D eigenvalue weighted by molar-refractivity contribution is 6.01. The van der Waals surface area contributed by atoms with Crippen LogP contribution in [0.5, 0.6) is 0 Å². The molecule has 2 aromatic rings. The van der Waals surface area contributed by atoms with Crippen LogP contribution in [0.3, 0.4) is 0 Å². The molecule has 0 unspecified atom stereocenters. The van der Waals surface area contributed by atoms with Gasteiger partial charge in [0.15, 0.2) is 0 Å². The number of anilines is 1. The molecule has 0 spiro atoms. The first-order valence-electron chi connectivity index (χ1n) is 6.80. The van der Waals surface area contributed by atoms with E-state index in [1.54, 1.807) is 4.90 Å². The van der Waals surface area contributed by atoms with Crippen LogP contribution in [0.4, 0.5) is 5.69 Å². The van der Waals surface area contributed by atoms with Crippen molar-refractivity contribution >= 4 is 11.6 Å². The number of aryl methyl sites for hydroxylation is 1. The Bertz CT molecular complexity index is 653. The second kappa shape index (κ2) is 4.76. The number of hydrogen-bond acceptors (Lipinski definition) is 3. The van der Waals surface area contributed by atoms with Crippen molar-refractivity contribution in [1.29, 1.82) is 0 Å². The molecule has 104 valence electrons. The molecule has 0 aliphatic carbocycles. The highest BCUT2D eigenvalue weighted by atomic mass is 16.2. The normalized spacial score (nSPS) is 13.9. The molecule has 0 radical (unpaired) electrons. The second-order valence-electron chi connectivity index (χ2n) is 5.01. The summed E-state index contributed by atoms with van der Waals surface area (Å²) in [6.07, 6.45) is 0.470. The third-order valence-electron chi connectivity index (χ3n) is 3.82. The zero-order valence-corrected chi connectivity index (χ0v) is 11.8. The van der Waals surface area contributed by atoms with Crippen molar-refractivity contribution in [2.45, 2.75) is 26.4 Å². The van der Waals surface area contributed by atoms with E-state index in [-0.39, 0.29) is 5.91 Å². The second-order valence-corrected chi connectivity index (χ2v) is 5.01. The topological polar surface area (TPSA) is 64.2 Å². The number of nitrogens with zero attached hydrogens (tertiary/aromatic N) is 3. The predicted octanol–water partition coefficient (Wildman–Crippen LogP) is 1.55. The summed E-state index contributed by atoms with van der Waals surface area (Å²) in [6, 6.07) is 8.07. The number of carbonyl (C=O) groups is 1. The van der Waals surface area contributed by atoms with Crippen LogP contribution in [0.25, 0.3) is 11.3 Å². The van der Waals surface area contributed by atoms with Crippen molar-refractivity contribution in [3.05, 3.63) is 35.5 Å². The van der Waals surface area contributed by atoms with Crippen molar-refractivity contribution in [2.75, 3.05) is 11.9 Å². The lowest BCUT2D eigenvalue weighted by Crippen LogP contribution is -2.20. The van der Waals surface area contributed by atoms with Crippen LogP contribution in [0.15, 0.2) is 24.3 Å². The minimum atomic E-state index is 0.138. The lowest BCUT2D eigenvalue weighted by Gasteiger charge is -2.09. The summed E-state index contributed by atoms with van der Waals surface area (Å²) in [7, 11) is 1.81. The SMILES string of the molecule is CCn1nc(-c2ccc3c(c2)CC(=O)N3C)cc1CN. The minimum Gasteiger partial charge on any atom is -0.325 e. The quantitative estimate of drug-likeness (QED) is 0.920. The Kier molecular flexibility index (Phi) is 3.06. The van der Waals surface area contributed by atoms with E-state index >= 15 is 0 Å². The van der Waals surface area contributed by atoms with Gasteiger partial charge in [0.1, 0.15) is 0 Å². The molecule has 5 nitrogen and oxygen atoms in total. The molecule has 1 amide bonds. The molecule has 20 heavy (non-hydrogen) atoms. The van der Waals surface area contributed by atoms with Crippen LogP contribution in [-0.2, 0) is 24.3 Å². The fourth-order valence-corrected chi connectivity index (χ4v) is 2.66. The first-order valence-corrected chi connectivity index (χ1v) is 6.80. The van der Waals surface area contributed by atoms with E-state index < -0.39 is 0 Å². The lowest BCUT2D eigenvalue weighted by atomic mass is 10.1. The van der Waals surface area contributed by atoms with Crippen molar-refractivity contribution in [3.63, 3.8) is 0 Å². The Hall–Kier alpha value is -2.14. The van der Waals surface area contributed by atoms with Crippen molar-refractivity contribution in [3.8, 4) is 11.3 Å². The summed E-state index contributed by atoms with van der Waals surface area (Å²) in [4.78, 5) is 13.4. The van der Waals surface area contributed by atoms with Crippen molar-refractivity contribution in [1.82, 2.24) is 9.78 Å².